The number of hydrogen-bond donors (Lipinski definition) is 3. The highest BCUT2D eigenvalue weighted by Gasteiger charge is 2.15. The van der Waals surface area contributed by atoms with Gasteiger partial charge >= 0.3 is 0 Å². The number of primary sulfonamides is 1. The average molecular weight is 370 g/mol. The standard InChI is InChI=1S/C16H14N6O3S/c1-9-15(16-18-11-4-2-3-5-13(11)22(16)21-9)20-19-12-8-10(26(17,24)25)6-7-14(12)23/h2-8,21,23H,1H3,(H2,17,24,25). The second kappa shape index (κ2) is 5.64. The van der Waals surface area contributed by atoms with Gasteiger partial charge in [0.25, 0.3) is 0 Å². The molecule has 0 spiro atoms. The van der Waals surface area contributed by atoms with Crippen molar-refractivity contribution in [1.82, 2.24) is 14.6 Å². The van der Waals surface area contributed by atoms with Crippen LogP contribution in [0.25, 0.3) is 16.7 Å². The number of nitrogens with one attached hydrogen (secondary N) is 1. The van der Waals surface area contributed by atoms with Crippen molar-refractivity contribution in [2.45, 2.75) is 11.8 Å². The molecule has 0 amide bonds. The third-order valence-electron chi connectivity index (χ3n) is 3.94. The third-order valence-corrected chi connectivity index (χ3v) is 4.85. The molecule has 0 aliphatic heterocycles. The van der Waals surface area contributed by atoms with Crippen LogP contribution in [0.2, 0.25) is 0 Å². The topological polar surface area (TPSA) is 138 Å². The van der Waals surface area contributed by atoms with Crippen LogP contribution < -0.4 is 5.14 Å². The predicted octanol–water partition coefficient (Wildman–Crippen LogP) is 2.89. The molecule has 0 aliphatic rings. The van der Waals surface area contributed by atoms with E-state index in [9.17, 15) is 13.5 Å². The van der Waals surface area contributed by atoms with Gasteiger partial charge in [0.1, 0.15) is 11.4 Å². The van der Waals surface area contributed by atoms with E-state index in [2.05, 4.69) is 20.3 Å². The molecule has 0 fully saturated rings. The maximum atomic E-state index is 11.5. The molecule has 0 atom stereocenters. The van der Waals surface area contributed by atoms with Gasteiger partial charge in [-0.3, -0.25) is 5.10 Å². The van der Waals surface area contributed by atoms with Crippen LogP contribution in [0.4, 0.5) is 11.4 Å². The molecule has 26 heavy (non-hydrogen) atoms. The van der Waals surface area contributed by atoms with E-state index in [1.807, 2.05) is 31.2 Å². The summed E-state index contributed by atoms with van der Waals surface area (Å²) < 4.78 is 24.7. The number of phenols is 1. The summed E-state index contributed by atoms with van der Waals surface area (Å²) >= 11 is 0. The summed E-state index contributed by atoms with van der Waals surface area (Å²) in [6, 6.07) is 11.2. The minimum Gasteiger partial charge on any atom is -0.506 e. The highest BCUT2D eigenvalue weighted by atomic mass is 32.2. The van der Waals surface area contributed by atoms with Gasteiger partial charge in [0.05, 0.1) is 21.6 Å². The molecule has 0 saturated heterocycles. The number of nitrogens with zero attached hydrogens (tertiary/aromatic N) is 4. The zero-order chi connectivity index (χ0) is 18.5. The molecule has 2 heterocycles. The number of benzene rings is 2. The van der Waals surface area contributed by atoms with E-state index in [4.69, 9.17) is 5.14 Å². The fraction of sp³-hybridized carbons (Fsp3) is 0.0625. The Balaban J connectivity index is 1.84. The van der Waals surface area contributed by atoms with Gasteiger partial charge in [-0.15, -0.1) is 10.2 Å². The maximum absolute atomic E-state index is 11.5. The molecule has 0 radical (unpaired) electrons. The molecule has 4 aromatic rings. The zero-order valence-corrected chi connectivity index (χ0v) is 14.4. The van der Waals surface area contributed by atoms with E-state index in [1.54, 1.807) is 4.52 Å². The number of phenolic OH excluding ortho intramolecular Hbond substituents is 1. The van der Waals surface area contributed by atoms with Crippen LogP contribution in [-0.2, 0) is 10.0 Å². The number of H-pyrrole nitrogens is 1. The van der Waals surface area contributed by atoms with Gasteiger partial charge in [0, 0.05) is 0 Å². The van der Waals surface area contributed by atoms with Crippen molar-refractivity contribution in [2.24, 2.45) is 15.4 Å². The van der Waals surface area contributed by atoms with Crippen LogP contribution in [0.15, 0.2) is 57.6 Å². The number of fused-ring (bicyclic) bond motifs is 3. The minimum absolute atomic E-state index is 0.00798. The van der Waals surface area contributed by atoms with E-state index in [0.717, 1.165) is 22.8 Å². The molecule has 2 aromatic heterocycles. The number of aryl methyl sites for hydroxylation is 1. The Kier molecular flexibility index (Phi) is 3.53. The second-order valence-electron chi connectivity index (χ2n) is 5.74. The van der Waals surface area contributed by atoms with Crippen LogP contribution >= 0.6 is 0 Å². The van der Waals surface area contributed by atoms with Crippen LogP contribution in [0.3, 0.4) is 0 Å². The highest BCUT2D eigenvalue weighted by molar-refractivity contribution is 7.89. The summed E-state index contributed by atoms with van der Waals surface area (Å²) in [5.41, 5.74) is 3.48. The molecule has 9 nitrogen and oxygen atoms in total. The van der Waals surface area contributed by atoms with E-state index in [1.165, 1.54) is 12.1 Å². The van der Waals surface area contributed by atoms with Crippen LogP contribution in [-0.4, -0.2) is 28.1 Å². The zero-order valence-electron chi connectivity index (χ0n) is 13.6. The lowest BCUT2D eigenvalue weighted by atomic mass is 10.3. The van der Waals surface area contributed by atoms with E-state index < -0.39 is 10.0 Å². The van der Waals surface area contributed by atoms with Crippen molar-refractivity contribution in [2.75, 3.05) is 0 Å². The molecule has 10 heteroatoms. The lowest BCUT2D eigenvalue weighted by molar-refractivity contribution is 0.476. The van der Waals surface area contributed by atoms with Crippen LogP contribution in [0.1, 0.15) is 5.69 Å². The molecular formula is C16H14N6O3S. The summed E-state index contributed by atoms with van der Waals surface area (Å²) in [5, 5.41) is 26.3. The quantitative estimate of drug-likeness (QED) is 0.477. The van der Waals surface area contributed by atoms with Crippen LogP contribution in [0, 0.1) is 6.92 Å². The fourth-order valence-electron chi connectivity index (χ4n) is 2.67. The summed E-state index contributed by atoms with van der Waals surface area (Å²) in [4.78, 5) is 4.37. The van der Waals surface area contributed by atoms with E-state index in [-0.39, 0.29) is 16.3 Å². The van der Waals surface area contributed by atoms with Gasteiger partial charge in [-0.05, 0) is 37.3 Å². The van der Waals surface area contributed by atoms with Gasteiger partial charge in [0.15, 0.2) is 11.3 Å². The first-order valence-electron chi connectivity index (χ1n) is 7.58. The van der Waals surface area contributed by atoms with Gasteiger partial charge in [-0.2, -0.15) is 0 Å². The van der Waals surface area contributed by atoms with Gasteiger partial charge in [-0.1, -0.05) is 12.1 Å². The molecule has 4 N–H and O–H groups in total. The number of aromatic amines is 1. The fourth-order valence-corrected chi connectivity index (χ4v) is 3.20. The largest absolute Gasteiger partial charge is 0.506 e. The number of sulfonamides is 1. The van der Waals surface area contributed by atoms with Gasteiger partial charge in [0.2, 0.25) is 10.0 Å². The number of azo groups is 1. The van der Waals surface area contributed by atoms with Crippen molar-refractivity contribution < 1.29 is 13.5 Å². The molecule has 132 valence electrons. The summed E-state index contributed by atoms with van der Waals surface area (Å²) in [6.07, 6.45) is 0. The number of aromatic hydroxyl groups is 1. The summed E-state index contributed by atoms with van der Waals surface area (Å²) in [7, 11) is -3.91. The molecule has 0 aliphatic carbocycles. The first-order valence-corrected chi connectivity index (χ1v) is 9.12. The van der Waals surface area contributed by atoms with Crippen molar-refractivity contribution in [1.29, 1.82) is 0 Å². The third kappa shape index (κ3) is 2.61. The minimum atomic E-state index is -3.91. The normalized spacial score (nSPS) is 12.5. The Morgan fingerprint density at radius 3 is 2.73 bits per heavy atom. The van der Waals surface area contributed by atoms with E-state index in [0.29, 0.717) is 11.3 Å². The average Bonchev–Trinajstić information content (AvgIpc) is 3.08. The van der Waals surface area contributed by atoms with Gasteiger partial charge in [-0.25, -0.2) is 23.1 Å². The van der Waals surface area contributed by atoms with Crippen molar-refractivity contribution >= 4 is 38.1 Å². The molecule has 2 aromatic carbocycles. The molecule has 4 rings (SSSR count). The predicted molar refractivity (Wildman–Crippen MR) is 95.4 cm³/mol. The van der Waals surface area contributed by atoms with Gasteiger partial charge < -0.3 is 5.11 Å². The van der Waals surface area contributed by atoms with Crippen LogP contribution in [0.5, 0.6) is 5.75 Å². The smallest absolute Gasteiger partial charge is 0.238 e. The first kappa shape index (κ1) is 16.2. The van der Waals surface area contributed by atoms with Crippen molar-refractivity contribution in [3.05, 3.63) is 48.2 Å². The first-order chi connectivity index (χ1) is 12.3. The molecular weight excluding hydrogens is 356 g/mol. The number of imidazole rings is 1. The summed E-state index contributed by atoms with van der Waals surface area (Å²) in [6.45, 7) is 1.82. The highest BCUT2D eigenvalue weighted by Crippen LogP contribution is 2.33. The Morgan fingerprint density at radius 2 is 1.96 bits per heavy atom. The lowest BCUT2D eigenvalue weighted by Crippen LogP contribution is -2.11. The Labute approximate surface area is 147 Å². The molecule has 0 bridgehead atoms. The number of nitrogens with two attached hydrogens (primary N) is 1. The maximum Gasteiger partial charge on any atom is 0.238 e. The van der Waals surface area contributed by atoms with Crippen molar-refractivity contribution in [3.8, 4) is 5.75 Å². The van der Waals surface area contributed by atoms with Crippen molar-refractivity contribution in [3.63, 3.8) is 0 Å². The monoisotopic (exact) mass is 370 g/mol. The Bertz CT molecular complexity index is 1290. The molecule has 0 unspecified atom stereocenters. The Morgan fingerprint density at radius 1 is 1.19 bits per heavy atom. The van der Waals surface area contributed by atoms with E-state index >= 15 is 0 Å². The summed E-state index contributed by atoms with van der Waals surface area (Å²) in [5.74, 6) is -0.209. The number of para-hydroxylation sites is 2. The SMILES string of the molecule is Cc1[nH]n2c(nc3ccccc32)c1N=Nc1cc(S(N)(=O)=O)ccc1O. The number of aromatic nitrogens is 3. The number of rotatable bonds is 3. The second-order valence-corrected chi connectivity index (χ2v) is 7.30. The Hall–Kier alpha value is -3.24. The lowest BCUT2D eigenvalue weighted by Gasteiger charge is -2.01. The number of hydrogen-bond acceptors (Lipinski definition) is 6. The molecule has 0 saturated carbocycles.